The minimum atomic E-state index is 0.649. The van der Waals surface area contributed by atoms with Crippen molar-refractivity contribution in [3.63, 3.8) is 0 Å². The van der Waals surface area contributed by atoms with Gasteiger partial charge in [-0.25, -0.2) is 0 Å². The first kappa shape index (κ1) is 10.1. The Morgan fingerprint density at radius 3 is 2.71 bits per heavy atom. The zero-order chi connectivity index (χ0) is 11.5. The summed E-state index contributed by atoms with van der Waals surface area (Å²) in [5, 5.41) is 0. The third-order valence-corrected chi connectivity index (χ3v) is 6.34. The molecule has 3 fully saturated rings. The van der Waals surface area contributed by atoms with Gasteiger partial charge in [0.1, 0.15) is 12.1 Å². The van der Waals surface area contributed by atoms with Crippen molar-refractivity contribution >= 4 is 0 Å². The molecule has 17 heavy (non-hydrogen) atoms. The maximum absolute atomic E-state index is 2.59. The van der Waals surface area contributed by atoms with Crippen molar-refractivity contribution in [3.8, 4) is 0 Å². The predicted octanol–water partition coefficient (Wildman–Crippen LogP) is 3.21. The SMILES string of the molecule is C[C@@]12[C@H]3CC[C@@H]1C[N@+]2(Cc1ccccc1)CC3. The van der Waals surface area contributed by atoms with Crippen LogP contribution in [-0.2, 0) is 6.54 Å². The molecule has 0 N–H and O–H groups in total. The van der Waals surface area contributed by atoms with Crippen molar-refractivity contribution in [2.45, 2.75) is 38.3 Å². The molecule has 0 spiro atoms. The van der Waals surface area contributed by atoms with E-state index in [-0.39, 0.29) is 0 Å². The second-order valence-electron chi connectivity index (χ2n) is 6.68. The number of quaternary nitrogens is 1. The van der Waals surface area contributed by atoms with E-state index in [1.807, 2.05) is 0 Å². The van der Waals surface area contributed by atoms with Gasteiger partial charge >= 0.3 is 0 Å². The van der Waals surface area contributed by atoms with E-state index in [0.29, 0.717) is 5.54 Å². The minimum Gasteiger partial charge on any atom is -0.314 e. The topological polar surface area (TPSA) is 0 Å². The summed E-state index contributed by atoms with van der Waals surface area (Å²) in [6, 6.07) is 11.1. The Balaban J connectivity index is 1.67. The summed E-state index contributed by atoms with van der Waals surface area (Å²) in [5.74, 6) is 2.07. The smallest absolute Gasteiger partial charge is 0.108 e. The lowest BCUT2D eigenvalue weighted by molar-refractivity contribution is -1.02. The van der Waals surface area contributed by atoms with Crippen LogP contribution in [0.4, 0.5) is 0 Å². The molecule has 0 unspecified atom stereocenters. The maximum atomic E-state index is 2.59. The molecule has 0 amide bonds. The lowest BCUT2D eigenvalue weighted by Gasteiger charge is -2.60. The van der Waals surface area contributed by atoms with Crippen LogP contribution in [-0.4, -0.2) is 23.1 Å². The Morgan fingerprint density at radius 2 is 1.88 bits per heavy atom. The normalized spacial score (nSPS) is 46.6. The van der Waals surface area contributed by atoms with E-state index in [9.17, 15) is 0 Å². The van der Waals surface area contributed by atoms with E-state index in [1.165, 1.54) is 43.4 Å². The van der Waals surface area contributed by atoms with Crippen molar-refractivity contribution in [3.05, 3.63) is 35.9 Å². The first-order valence-electron chi connectivity index (χ1n) is 7.15. The number of rotatable bonds is 2. The number of hydrogen-bond donors (Lipinski definition) is 0. The highest BCUT2D eigenvalue weighted by Crippen LogP contribution is 2.62. The van der Waals surface area contributed by atoms with Gasteiger partial charge in [0.25, 0.3) is 0 Å². The molecule has 3 aliphatic rings. The average molecular weight is 228 g/mol. The number of hydrogen-bond acceptors (Lipinski definition) is 0. The predicted molar refractivity (Wildman–Crippen MR) is 69.4 cm³/mol. The molecule has 1 nitrogen and oxygen atoms in total. The molecule has 2 saturated heterocycles. The molecule has 0 aromatic heterocycles. The molecule has 1 aromatic rings. The Labute approximate surface area is 104 Å². The van der Waals surface area contributed by atoms with Crippen molar-refractivity contribution in [1.82, 2.24) is 0 Å². The van der Waals surface area contributed by atoms with Crippen molar-refractivity contribution < 1.29 is 4.48 Å². The summed E-state index contributed by atoms with van der Waals surface area (Å²) in [7, 11) is 0. The van der Waals surface area contributed by atoms with Crippen LogP contribution in [0.2, 0.25) is 0 Å². The lowest BCUT2D eigenvalue weighted by Crippen LogP contribution is -2.74. The third kappa shape index (κ3) is 1.09. The van der Waals surface area contributed by atoms with Gasteiger partial charge in [0, 0.05) is 17.9 Å². The van der Waals surface area contributed by atoms with Gasteiger partial charge in [-0.2, -0.15) is 0 Å². The highest BCUT2D eigenvalue weighted by Gasteiger charge is 2.72. The Hall–Kier alpha value is -0.820. The van der Waals surface area contributed by atoms with Gasteiger partial charge in [0.05, 0.1) is 19.0 Å². The molecule has 1 aliphatic carbocycles. The van der Waals surface area contributed by atoms with Crippen molar-refractivity contribution in [2.75, 3.05) is 13.1 Å². The quantitative estimate of drug-likeness (QED) is 0.682. The van der Waals surface area contributed by atoms with Gasteiger partial charge in [-0.1, -0.05) is 30.3 Å². The van der Waals surface area contributed by atoms with Crippen molar-refractivity contribution in [1.29, 1.82) is 0 Å². The summed E-state index contributed by atoms with van der Waals surface area (Å²) in [4.78, 5) is 0. The van der Waals surface area contributed by atoms with Crippen LogP contribution < -0.4 is 0 Å². The second kappa shape index (κ2) is 3.14. The van der Waals surface area contributed by atoms with Crippen LogP contribution in [0.5, 0.6) is 0 Å². The van der Waals surface area contributed by atoms with Crippen LogP contribution in [0, 0.1) is 11.8 Å². The average Bonchev–Trinajstić information content (AvgIpc) is 2.69. The van der Waals surface area contributed by atoms with Gasteiger partial charge in [-0.3, -0.25) is 0 Å². The maximum Gasteiger partial charge on any atom is 0.108 e. The van der Waals surface area contributed by atoms with Gasteiger partial charge in [-0.15, -0.1) is 0 Å². The molecule has 90 valence electrons. The molecule has 2 aliphatic heterocycles. The molecule has 4 atom stereocenters. The Bertz CT molecular complexity index is 440. The van der Waals surface area contributed by atoms with Crippen LogP contribution in [0.15, 0.2) is 30.3 Å². The number of nitrogens with zero attached hydrogens (tertiary/aromatic N) is 1. The van der Waals surface area contributed by atoms with Gasteiger partial charge in [0.2, 0.25) is 0 Å². The lowest BCUT2D eigenvalue weighted by atomic mass is 9.73. The summed E-state index contributed by atoms with van der Waals surface area (Å²) in [6.45, 7) is 6.77. The highest BCUT2D eigenvalue weighted by atomic mass is 15.5. The third-order valence-electron chi connectivity index (χ3n) is 6.34. The van der Waals surface area contributed by atoms with E-state index in [0.717, 1.165) is 11.8 Å². The molecule has 1 saturated carbocycles. The largest absolute Gasteiger partial charge is 0.314 e. The monoisotopic (exact) mass is 228 g/mol. The molecule has 4 rings (SSSR count). The van der Waals surface area contributed by atoms with Gasteiger partial charge in [-0.05, 0) is 19.8 Å². The Morgan fingerprint density at radius 1 is 1.12 bits per heavy atom. The molecular weight excluding hydrogens is 206 g/mol. The van der Waals surface area contributed by atoms with Crippen LogP contribution >= 0.6 is 0 Å². The van der Waals surface area contributed by atoms with E-state index < -0.39 is 0 Å². The van der Waals surface area contributed by atoms with Crippen LogP contribution in [0.25, 0.3) is 0 Å². The van der Waals surface area contributed by atoms with E-state index in [4.69, 9.17) is 0 Å². The van der Waals surface area contributed by atoms with E-state index >= 15 is 0 Å². The number of benzene rings is 1. The van der Waals surface area contributed by atoms with Crippen LogP contribution in [0.3, 0.4) is 0 Å². The van der Waals surface area contributed by atoms with Gasteiger partial charge < -0.3 is 4.48 Å². The summed E-state index contributed by atoms with van der Waals surface area (Å²) < 4.78 is 1.41. The standard InChI is InChI=1S/C16H22N/c1-16-14-7-8-15(16)12-17(16,10-9-14)11-13-5-3-2-4-6-13/h2-6,14-15H,7-12H2,1H3/q+1/t14-,15+,16+,17+/m0/s1. The summed E-state index contributed by atoms with van der Waals surface area (Å²) >= 11 is 0. The molecule has 2 heterocycles. The molecule has 1 aromatic carbocycles. The molecular formula is C16H22N+. The zero-order valence-electron chi connectivity index (χ0n) is 10.7. The highest BCUT2D eigenvalue weighted by molar-refractivity contribution is 5.16. The van der Waals surface area contributed by atoms with Crippen LogP contribution in [0.1, 0.15) is 31.7 Å². The van der Waals surface area contributed by atoms with E-state index in [1.54, 1.807) is 5.56 Å². The molecule has 0 bridgehead atoms. The fourth-order valence-electron chi connectivity index (χ4n) is 5.30. The fraction of sp³-hybridized carbons (Fsp3) is 0.625. The minimum absolute atomic E-state index is 0.649. The second-order valence-corrected chi connectivity index (χ2v) is 6.68. The Kier molecular flexibility index (Phi) is 1.87. The fourth-order valence-corrected chi connectivity index (χ4v) is 5.30. The zero-order valence-corrected chi connectivity index (χ0v) is 10.7. The van der Waals surface area contributed by atoms with Crippen molar-refractivity contribution in [2.24, 2.45) is 11.8 Å². The van der Waals surface area contributed by atoms with Gasteiger partial charge in [0.15, 0.2) is 0 Å². The first-order valence-corrected chi connectivity index (χ1v) is 7.15. The first-order chi connectivity index (χ1) is 8.25. The summed E-state index contributed by atoms with van der Waals surface area (Å²) in [6.07, 6.45) is 4.51. The summed E-state index contributed by atoms with van der Waals surface area (Å²) in [5.41, 5.74) is 2.19. The van der Waals surface area contributed by atoms with E-state index in [2.05, 4.69) is 37.3 Å². The molecule has 0 radical (unpaired) electrons. The molecule has 1 heteroatoms.